The van der Waals surface area contributed by atoms with Crippen molar-refractivity contribution in [3.8, 4) is 11.1 Å². The molecule has 0 saturated heterocycles. The van der Waals surface area contributed by atoms with Gasteiger partial charge in [0.15, 0.2) is 0 Å². The summed E-state index contributed by atoms with van der Waals surface area (Å²) in [5.41, 5.74) is 11.0. The average Bonchev–Trinajstić information content (AvgIpc) is 2.55. The van der Waals surface area contributed by atoms with E-state index in [1.54, 1.807) is 0 Å². The fraction of sp³-hybridized carbons (Fsp3) is 0.294. The van der Waals surface area contributed by atoms with Crippen LogP contribution < -0.4 is 10.6 Å². The number of nitrogen functional groups attached to an aromatic ring is 1. The Balaban J connectivity index is 2.36. The molecule has 0 bridgehead atoms. The number of anilines is 2. The van der Waals surface area contributed by atoms with Crippen LogP contribution in [0.1, 0.15) is 5.56 Å². The molecule has 0 aromatic heterocycles. The first-order valence-corrected chi connectivity index (χ1v) is 8.33. The highest BCUT2D eigenvalue weighted by atomic mass is 79.9. The molecule has 2 aromatic rings. The molecule has 0 spiro atoms. The monoisotopic (exact) mass is 364 g/mol. The molecule has 0 atom stereocenters. The number of benzene rings is 2. The normalized spacial score (nSPS) is 10.7. The molecule has 0 radical (unpaired) electrons. The van der Waals surface area contributed by atoms with Crippen LogP contribution in [0.25, 0.3) is 11.1 Å². The number of nitrogens with zero attached hydrogens (tertiary/aromatic N) is 1. The van der Waals surface area contributed by atoms with Gasteiger partial charge in [-0.1, -0.05) is 40.2 Å². The Kier molecular flexibility index (Phi) is 6.24. The van der Waals surface area contributed by atoms with Crippen molar-refractivity contribution in [2.75, 3.05) is 36.9 Å². The van der Waals surface area contributed by atoms with Crippen molar-refractivity contribution < 1.29 is 10.2 Å². The Bertz CT molecular complexity index is 596. The van der Waals surface area contributed by atoms with E-state index in [0.29, 0.717) is 18.8 Å². The molecular formula is C17H21BrN2O2. The summed E-state index contributed by atoms with van der Waals surface area (Å²) >= 11 is 3.44. The zero-order chi connectivity index (χ0) is 15.9. The first-order valence-electron chi connectivity index (χ1n) is 7.21. The van der Waals surface area contributed by atoms with E-state index in [1.807, 2.05) is 23.1 Å². The average molecular weight is 365 g/mol. The second-order valence-corrected chi connectivity index (χ2v) is 5.60. The van der Waals surface area contributed by atoms with Gasteiger partial charge in [0, 0.05) is 35.4 Å². The number of halogens is 1. The second-order valence-electron chi connectivity index (χ2n) is 5.04. The number of hydrogen-bond donors (Lipinski definition) is 3. The number of rotatable bonds is 7. The van der Waals surface area contributed by atoms with Gasteiger partial charge in [0.2, 0.25) is 0 Å². The minimum Gasteiger partial charge on any atom is -0.398 e. The van der Waals surface area contributed by atoms with Crippen LogP contribution in [0.4, 0.5) is 11.4 Å². The number of aliphatic hydroxyl groups is 2. The molecule has 0 amide bonds. The zero-order valence-electron chi connectivity index (χ0n) is 12.4. The van der Waals surface area contributed by atoms with Gasteiger partial charge in [-0.25, -0.2) is 0 Å². The van der Waals surface area contributed by atoms with Crippen molar-refractivity contribution in [1.29, 1.82) is 0 Å². The molecule has 0 heterocycles. The van der Waals surface area contributed by atoms with Crippen LogP contribution in [-0.4, -0.2) is 36.5 Å². The Labute approximate surface area is 139 Å². The quantitative estimate of drug-likeness (QED) is 0.521. The lowest BCUT2D eigenvalue weighted by Gasteiger charge is -2.24. The lowest BCUT2D eigenvalue weighted by molar-refractivity contribution is 0.281. The highest BCUT2D eigenvalue weighted by Crippen LogP contribution is 2.30. The van der Waals surface area contributed by atoms with Gasteiger partial charge in [-0.3, -0.25) is 0 Å². The van der Waals surface area contributed by atoms with E-state index in [-0.39, 0.29) is 13.2 Å². The molecular weight excluding hydrogens is 344 g/mol. The predicted octanol–water partition coefficient (Wildman–Crippen LogP) is 2.62. The van der Waals surface area contributed by atoms with Gasteiger partial charge in [0.05, 0.1) is 13.2 Å². The first-order chi connectivity index (χ1) is 10.7. The SMILES string of the molecule is Nc1ccc(N(CCO)CCO)cc1-c1ccc(CBr)cc1. The fourth-order valence-electron chi connectivity index (χ4n) is 2.38. The molecule has 0 saturated carbocycles. The third kappa shape index (κ3) is 4.00. The van der Waals surface area contributed by atoms with Crippen LogP contribution in [0.3, 0.4) is 0 Å². The topological polar surface area (TPSA) is 69.7 Å². The maximum Gasteiger partial charge on any atom is 0.0606 e. The molecule has 4 N–H and O–H groups in total. The van der Waals surface area contributed by atoms with E-state index in [2.05, 4.69) is 40.2 Å². The molecule has 0 aliphatic heterocycles. The summed E-state index contributed by atoms with van der Waals surface area (Å²) in [7, 11) is 0. The summed E-state index contributed by atoms with van der Waals surface area (Å²) < 4.78 is 0. The minimum atomic E-state index is 0.0413. The molecule has 0 aliphatic rings. The van der Waals surface area contributed by atoms with E-state index in [1.165, 1.54) is 5.56 Å². The van der Waals surface area contributed by atoms with Gasteiger partial charge >= 0.3 is 0 Å². The summed E-state index contributed by atoms with van der Waals surface area (Å²) in [6.07, 6.45) is 0. The van der Waals surface area contributed by atoms with Crippen molar-refractivity contribution in [1.82, 2.24) is 0 Å². The van der Waals surface area contributed by atoms with Crippen LogP contribution >= 0.6 is 15.9 Å². The first kappa shape index (κ1) is 16.8. The standard InChI is InChI=1S/C17H21BrN2O2/c18-12-13-1-3-14(4-2-13)16-11-15(5-6-17(16)19)20(7-9-21)8-10-22/h1-6,11,21-22H,7-10,12,19H2. The third-order valence-electron chi connectivity index (χ3n) is 3.56. The van der Waals surface area contributed by atoms with Crippen LogP contribution in [0.5, 0.6) is 0 Å². The summed E-state index contributed by atoms with van der Waals surface area (Å²) in [4.78, 5) is 1.94. The third-order valence-corrected chi connectivity index (χ3v) is 4.21. The smallest absolute Gasteiger partial charge is 0.0606 e. The molecule has 0 aliphatic carbocycles. The van der Waals surface area contributed by atoms with E-state index in [9.17, 15) is 10.2 Å². The van der Waals surface area contributed by atoms with Crippen LogP contribution in [0, 0.1) is 0 Å². The van der Waals surface area contributed by atoms with Crippen LogP contribution in [0.2, 0.25) is 0 Å². The van der Waals surface area contributed by atoms with Crippen molar-refractivity contribution in [2.45, 2.75) is 5.33 Å². The largest absolute Gasteiger partial charge is 0.398 e. The van der Waals surface area contributed by atoms with Gasteiger partial charge in [-0.15, -0.1) is 0 Å². The Hall–Kier alpha value is -1.56. The van der Waals surface area contributed by atoms with Crippen molar-refractivity contribution >= 4 is 27.3 Å². The van der Waals surface area contributed by atoms with Crippen molar-refractivity contribution in [3.63, 3.8) is 0 Å². The Morgan fingerprint density at radius 1 is 0.955 bits per heavy atom. The van der Waals surface area contributed by atoms with Gasteiger partial charge in [-0.05, 0) is 29.3 Å². The molecule has 0 unspecified atom stereocenters. The van der Waals surface area contributed by atoms with Gasteiger partial charge < -0.3 is 20.8 Å². The Morgan fingerprint density at radius 2 is 1.59 bits per heavy atom. The lowest BCUT2D eigenvalue weighted by Crippen LogP contribution is -2.29. The lowest BCUT2D eigenvalue weighted by atomic mass is 10.0. The van der Waals surface area contributed by atoms with Gasteiger partial charge in [0.1, 0.15) is 0 Å². The summed E-state index contributed by atoms with van der Waals surface area (Å²) in [6, 6.07) is 14.0. The Morgan fingerprint density at radius 3 is 2.14 bits per heavy atom. The molecule has 2 aromatic carbocycles. The minimum absolute atomic E-state index is 0.0413. The number of nitrogens with two attached hydrogens (primary N) is 1. The summed E-state index contributed by atoms with van der Waals surface area (Å²) in [5, 5.41) is 19.2. The van der Waals surface area contributed by atoms with Crippen molar-refractivity contribution in [2.24, 2.45) is 0 Å². The van der Waals surface area contributed by atoms with E-state index in [4.69, 9.17) is 5.73 Å². The van der Waals surface area contributed by atoms with Crippen LogP contribution in [-0.2, 0) is 5.33 Å². The summed E-state index contributed by atoms with van der Waals surface area (Å²) in [5.74, 6) is 0. The molecule has 5 heteroatoms. The molecule has 22 heavy (non-hydrogen) atoms. The van der Waals surface area contributed by atoms with Gasteiger partial charge in [-0.2, -0.15) is 0 Å². The maximum atomic E-state index is 9.17. The second kappa shape index (κ2) is 8.17. The van der Waals surface area contributed by atoms with E-state index >= 15 is 0 Å². The molecule has 118 valence electrons. The maximum absolute atomic E-state index is 9.17. The highest BCUT2D eigenvalue weighted by molar-refractivity contribution is 9.08. The number of aliphatic hydroxyl groups excluding tert-OH is 2. The predicted molar refractivity (Wildman–Crippen MR) is 95.3 cm³/mol. The van der Waals surface area contributed by atoms with Gasteiger partial charge in [0.25, 0.3) is 0 Å². The fourth-order valence-corrected chi connectivity index (χ4v) is 2.75. The molecule has 4 nitrogen and oxygen atoms in total. The van der Waals surface area contributed by atoms with E-state index in [0.717, 1.165) is 22.1 Å². The highest BCUT2D eigenvalue weighted by Gasteiger charge is 2.09. The molecule has 0 fully saturated rings. The van der Waals surface area contributed by atoms with Crippen molar-refractivity contribution in [3.05, 3.63) is 48.0 Å². The zero-order valence-corrected chi connectivity index (χ0v) is 14.0. The summed E-state index contributed by atoms with van der Waals surface area (Å²) in [6.45, 7) is 1.04. The van der Waals surface area contributed by atoms with E-state index < -0.39 is 0 Å². The van der Waals surface area contributed by atoms with Crippen LogP contribution in [0.15, 0.2) is 42.5 Å². The number of alkyl halides is 1. The number of hydrogen-bond acceptors (Lipinski definition) is 4. The molecule has 2 rings (SSSR count).